The van der Waals surface area contributed by atoms with Gasteiger partial charge in [0.1, 0.15) is 5.75 Å². The SMILES string of the molecule is CCc1cc(Cl)c(C)c(C2CC(=O)N(C)C2)c1OC. The first-order valence-corrected chi connectivity index (χ1v) is 6.97. The van der Waals surface area contributed by atoms with Crippen molar-refractivity contribution < 1.29 is 9.53 Å². The second-order valence-electron chi connectivity index (χ2n) is 5.12. The molecule has 1 heterocycles. The minimum Gasteiger partial charge on any atom is -0.496 e. The summed E-state index contributed by atoms with van der Waals surface area (Å²) in [6, 6.07) is 1.97. The van der Waals surface area contributed by atoms with Crippen molar-refractivity contribution >= 4 is 17.5 Å². The largest absolute Gasteiger partial charge is 0.496 e. The van der Waals surface area contributed by atoms with E-state index in [1.807, 2.05) is 20.0 Å². The fraction of sp³-hybridized carbons (Fsp3) is 0.533. The van der Waals surface area contributed by atoms with Crippen LogP contribution in [0.5, 0.6) is 5.75 Å². The highest BCUT2D eigenvalue weighted by Crippen LogP contribution is 2.41. The molecule has 1 saturated heterocycles. The van der Waals surface area contributed by atoms with Crippen LogP contribution in [0.2, 0.25) is 5.02 Å². The van der Waals surface area contributed by atoms with Gasteiger partial charge in [-0.05, 0) is 30.5 Å². The lowest BCUT2D eigenvalue weighted by atomic mass is 9.90. The number of likely N-dealkylation sites (N-methyl/N-ethyl adjacent to an activating group) is 1. The molecule has 4 heteroatoms. The van der Waals surface area contributed by atoms with Crippen molar-refractivity contribution in [2.75, 3.05) is 20.7 Å². The zero-order valence-corrected chi connectivity index (χ0v) is 12.7. The van der Waals surface area contributed by atoms with Crippen LogP contribution in [0.4, 0.5) is 0 Å². The van der Waals surface area contributed by atoms with Gasteiger partial charge in [-0.15, -0.1) is 0 Å². The Labute approximate surface area is 119 Å². The van der Waals surface area contributed by atoms with Gasteiger partial charge in [0.25, 0.3) is 0 Å². The summed E-state index contributed by atoms with van der Waals surface area (Å²) in [5.74, 6) is 1.26. The maximum absolute atomic E-state index is 11.8. The Kier molecular flexibility index (Phi) is 4.04. The summed E-state index contributed by atoms with van der Waals surface area (Å²) in [4.78, 5) is 13.5. The molecule has 1 aromatic carbocycles. The average molecular weight is 282 g/mol. The van der Waals surface area contributed by atoms with Crippen molar-refractivity contribution in [1.29, 1.82) is 0 Å². The van der Waals surface area contributed by atoms with Gasteiger partial charge < -0.3 is 9.64 Å². The molecule has 1 aromatic rings. The number of carbonyl (C=O) groups excluding carboxylic acids is 1. The Hall–Kier alpha value is -1.22. The molecule has 104 valence electrons. The van der Waals surface area contributed by atoms with Gasteiger partial charge in [0, 0.05) is 36.5 Å². The number of amides is 1. The van der Waals surface area contributed by atoms with E-state index in [2.05, 4.69) is 6.92 Å². The molecule has 0 bridgehead atoms. The Morgan fingerprint density at radius 3 is 2.68 bits per heavy atom. The smallest absolute Gasteiger partial charge is 0.223 e. The minimum atomic E-state index is 0.177. The fourth-order valence-corrected chi connectivity index (χ4v) is 3.08. The zero-order valence-electron chi connectivity index (χ0n) is 11.9. The Morgan fingerprint density at radius 1 is 1.53 bits per heavy atom. The van der Waals surface area contributed by atoms with E-state index in [1.54, 1.807) is 12.0 Å². The molecular formula is C15H20ClNO2. The lowest BCUT2D eigenvalue weighted by Crippen LogP contribution is -2.19. The number of rotatable bonds is 3. The second-order valence-corrected chi connectivity index (χ2v) is 5.53. The molecule has 1 unspecified atom stereocenters. The van der Waals surface area contributed by atoms with E-state index in [-0.39, 0.29) is 11.8 Å². The van der Waals surface area contributed by atoms with Crippen LogP contribution in [0.3, 0.4) is 0 Å². The quantitative estimate of drug-likeness (QED) is 0.852. The lowest BCUT2D eigenvalue weighted by molar-refractivity contribution is -0.126. The van der Waals surface area contributed by atoms with Crippen molar-refractivity contribution in [3.05, 3.63) is 27.8 Å². The van der Waals surface area contributed by atoms with Gasteiger partial charge in [-0.1, -0.05) is 18.5 Å². The number of halogens is 1. The number of hydrogen-bond donors (Lipinski definition) is 0. The Bertz CT molecular complexity index is 513. The minimum absolute atomic E-state index is 0.177. The number of hydrogen-bond acceptors (Lipinski definition) is 2. The number of likely N-dealkylation sites (tertiary alicyclic amines) is 1. The molecular weight excluding hydrogens is 262 g/mol. The lowest BCUT2D eigenvalue weighted by Gasteiger charge is -2.21. The van der Waals surface area contributed by atoms with Crippen LogP contribution >= 0.6 is 11.6 Å². The maximum atomic E-state index is 11.8. The summed E-state index contributed by atoms with van der Waals surface area (Å²) in [5.41, 5.74) is 3.24. The van der Waals surface area contributed by atoms with Crippen molar-refractivity contribution in [2.45, 2.75) is 32.6 Å². The van der Waals surface area contributed by atoms with E-state index >= 15 is 0 Å². The van der Waals surface area contributed by atoms with E-state index in [0.717, 1.165) is 40.4 Å². The van der Waals surface area contributed by atoms with Crippen LogP contribution in [-0.2, 0) is 11.2 Å². The predicted molar refractivity (Wildman–Crippen MR) is 77.1 cm³/mol. The second kappa shape index (κ2) is 5.41. The molecule has 0 aromatic heterocycles. The number of aryl methyl sites for hydroxylation is 1. The zero-order chi connectivity index (χ0) is 14.2. The van der Waals surface area contributed by atoms with Crippen molar-refractivity contribution in [2.24, 2.45) is 0 Å². The number of benzene rings is 1. The highest BCUT2D eigenvalue weighted by Gasteiger charge is 2.32. The van der Waals surface area contributed by atoms with Gasteiger partial charge in [0.15, 0.2) is 0 Å². The molecule has 1 aliphatic heterocycles. The standard InChI is InChI=1S/C15H20ClNO2/c1-5-10-6-12(16)9(2)14(15(10)19-4)11-7-13(18)17(3)8-11/h6,11H,5,7-8H2,1-4H3. The number of ether oxygens (including phenoxy) is 1. The summed E-state index contributed by atoms with van der Waals surface area (Å²) in [5, 5.41) is 0.759. The van der Waals surface area contributed by atoms with Gasteiger partial charge in [-0.3, -0.25) is 4.79 Å². The number of nitrogens with zero attached hydrogens (tertiary/aromatic N) is 1. The summed E-state index contributed by atoms with van der Waals surface area (Å²) in [6.07, 6.45) is 1.41. The average Bonchev–Trinajstić information content (AvgIpc) is 2.71. The molecule has 1 fully saturated rings. The van der Waals surface area contributed by atoms with E-state index in [0.29, 0.717) is 6.42 Å². The van der Waals surface area contributed by atoms with Gasteiger partial charge in [0.05, 0.1) is 7.11 Å². The van der Waals surface area contributed by atoms with E-state index in [1.165, 1.54) is 0 Å². The topological polar surface area (TPSA) is 29.5 Å². The van der Waals surface area contributed by atoms with Gasteiger partial charge in [-0.2, -0.15) is 0 Å². The fourth-order valence-electron chi connectivity index (χ4n) is 2.85. The predicted octanol–water partition coefficient (Wildman–Crippen LogP) is 3.17. The highest BCUT2D eigenvalue weighted by atomic mass is 35.5. The molecule has 1 amide bonds. The molecule has 0 aliphatic carbocycles. The summed E-state index contributed by atoms with van der Waals surface area (Å²) < 4.78 is 5.60. The molecule has 1 aliphatic rings. The monoisotopic (exact) mass is 281 g/mol. The van der Waals surface area contributed by atoms with E-state index < -0.39 is 0 Å². The molecule has 0 N–H and O–H groups in total. The van der Waals surface area contributed by atoms with E-state index in [9.17, 15) is 4.79 Å². The number of carbonyl (C=O) groups is 1. The van der Waals surface area contributed by atoms with Gasteiger partial charge in [0.2, 0.25) is 5.91 Å². The molecule has 0 radical (unpaired) electrons. The van der Waals surface area contributed by atoms with Gasteiger partial charge >= 0.3 is 0 Å². The maximum Gasteiger partial charge on any atom is 0.223 e. The summed E-state index contributed by atoms with van der Waals surface area (Å²) in [7, 11) is 3.53. The molecule has 19 heavy (non-hydrogen) atoms. The van der Waals surface area contributed by atoms with Crippen molar-refractivity contribution in [1.82, 2.24) is 4.90 Å². The molecule has 3 nitrogen and oxygen atoms in total. The first kappa shape index (κ1) is 14.2. The van der Waals surface area contributed by atoms with Crippen LogP contribution in [0.25, 0.3) is 0 Å². The van der Waals surface area contributed by atoms with Crippen molar-refractivity contribution in [3.8, 4) is 5.75 Å². The Balaban J connectivity index is 2.55. The third-order valence-electron chi connectivity index (χ3n) is 3.93. The van der Waals surface area contributed by atoms with Crippen LogP contribution in [0.15, 0.2) is 6.07 Å². The van der Waals surface area contributed by atoms with Crippen LogP contribution < -0.4 is 4.74 Å². The molecule has 0 saturated carbocycles. The van der Waals surface area contributed by atoms with Crippen LogP contribution in [-0.4, -0.2) is 31.5 Å². The summed E-state index contributed by atoms with van der Waals surface area (Å²) >= 11 is 6.32. The third kappa shape index (κ3) is 2.44. The van der Waals surface area contributed by atoms with Crippen LogP contribution in [0, 0.1) is 6.92 Å². The third-order valence-corrected chi connectivity index (χ3v) is 4.33. The van der Waals surface area contributed by atoms with Crippen LogP contribution in [0.1, 0.15) is 36.0 Å². The molecule has 0 spiro atoms. The normalized spacial score (nSPS) is 19.1. The van der Waals surface area contributed by atoms with Crippen molar-refractivity contribution in [3.63, 3.8) is 0 Å². The van der Waals surface area contributed by atoms with E-state index in [4.69, 9.17) is 16.3 Å². The summed E-state index contributed by atoms with van der Waals surface area (Å²) in [6.45, 7) is 4.82. The molecule has 2 rings (SSSR count). The first-order valence-electron chi connectivity index (χ1n) is 6.59. The Morgan fingerprint density at radius 2 is 2.21 bits per heavy atom. The van der Waals surface area contributed by atoms with Gasteiger partial charge in [-0.25, -0.2) is 0 Å². The molecule has 1 atom stereocenters. The highest BCUT2D eigenvalue weighted by molar-refractivity contribution is 6.31. The number of methoxy groups -OCH3 is 1. The first-order chi connectivity index (χ1) is 8.99.